The number of anilines is 1. The van der Waals surface area contributed by atoms with Crippen LogP contribution in [0.5, 0.6) is 0 Å². The third-order valence-electron chi connectivity index (χ3n) is 5.92. The van der Waals surface area contributed by atoms with Gasteiger partial charge in [0.05, 0.1) is 12.3 Å². The number of aromatic nitrogens is 1. The Kier molecular flexibility index (Phi) is 6.55. The van der Waals surface area contributed by atoms with Gasteiger partial charge in [-0.25, -0.2) is 14.2 Å². The molecule has 7 heteroatoms. The molecule has 0 bridgehead atoms. The number of halogens is 2. The highest BCUT2D eigenvalue weighted by Gasteiger charge is 2.32. The van der Waals surface area contributed by atoms with Crippen molar-refractivity contribution in [3.05, 3.63) is 130 Å². The summed E-state index contributed by atoms with van der Waals surface area (Å²) in [6.45, 7) is 0.343. The van der Waals surface area contributed by atoms with E-state index >= 15 is 0 Å². The van der Waals surface area contributed by atoms with Crippen LogP contribution in [0, 0.1) is 5.82 Å². The number of amides is 2. The van der Waals surface area contributed by atoms with Gasteiger partial charge in [-0.2, -0.15) is 5.10 Å². The van der Waals surface area contributed by atoms with E-state index in [0.29, 0.717) is 17.3 Å². The first kappa shape index (κ1) is 22.7. The first-order valence-electron chi connectivity index (χ1n) is 11.2. The lowest BCUT2D eigenvalue weighted by atomic mass is 9.90. The fourth-order valence-corrected chi connectivity index (χ4v) is 4.22. The second-order valence-electron chi connectivity index (χ2n) is 8.34. The zero-order chi connectivity index (χ0) is 24.2. The van der Waals surface area contributed by atoms with Gasteiger partial charge < -0.3 is 5.32 Å². The summed E-state index contributed by atoms with van der Waals surface area (Å²) in [6.07, 6.45) is 4.34. The predicted molar refractivity (Wildman–Crippen MR) is 136 cm³/mol. The Balaban J connectivity index is 1.33. The van der Waals surface area contributed by atoms with E-state index in [1.807, 2.05) is 48.5 Å². The van der Waals surface area contributed by atoms with Crippen LogP contribution >= 0.6 is 11.6 Å². The normalized spacial score (nSPS) is 15.1. The van der Waals surface area contributed by atoms with Gasteiger partial charge in [-0.15, -0.1) is 0 Å². The fourth-order valence-electron chi connectivity index (χ4n) is 4.10. The highest BCUT2D eigenvalue weighted by molar-refractivity contribution is 6.30. The Hall–Kier alpha value is -4.03. The molecule has 5 nitrogen and oxygen atoms in total. The molecule has 0 aliphatic carbocycles. The minimum absolute atomic E-state index is 0.190. The van der Waals surface area contributed by atoms with Gasteiger partial charge in [0.15, 0.2) is 0 Å². The monoisotopic (exact) mass is 484 g/mol. The number of nitrogens with one attached hydrogen (secondary N) is 1. The largest absolute Gasteiger partial charge is 0.342 e. The topological polar surface area (TPSA) is 57.6 Å². The lowest BCUT2D eigenvalue weighted by Gasteiger charge is -2.16. The van der Waals surface area contributed by atoms with Crippen LogP contribution < -0.4 is 5.32 Å². The van der Waals surface area contributed by atoms with Crippen LogP contribution in [0.1, 0.15) is 28.2 Å². The van der Waals surface area contributed by atoms with E-state index in [2.05, 4.69) is 15.4 Å². The number of hydrogen-bond acceptors (Lipinski definition) is 3. The van der Waals surface area contributed by atoms with Crippen molar-refractivity contribution in [3.8, 4) is 0 Å². The van der Waals surface area contributed by atoms with Gasteiger partial charge in [0, 0.05) is 29.0 Å². The Bertz CT molecular complexity index is 1340. The lowest BCUT2D eigenvalue weighted by Crippen LogP contribution is -2.30. The first-order valence-corrected chi connectivity index (χ1v) is 11.6. The van der Waals surface area contributed by atoms with Crippen LogP contribution in [0.4, 0.5) is 14.9 Å². The van der Waals surface area contributed by atoms with Crippen molar-refractivity contribution in [2.24, 2.45) is 5.10 Å². The maximum atomic E-state index is 13.5. The molecule has 1 aliphatic rings. The number of hydrogen-bond donors (Lipinski definition) is 1. The van der Waals surface area contributed by atoms with Crippen molar-refractivity contribution in [2.75, 3.05) is 11.9 Å². The number of pyridine rings is 1. The van der Waals surface area contributed by atoms with Gasteiger partial charge in [-0.3, -0.25) is 4.98 Å². The van der Waals surface area contributed by atoms with E-state index in [4.69, 9.17) is 11.6 Å². The molecule has 1 atom stereocenters. The summed E-state index contributed by atoms with van der Waals surface area (Å²) in [5.74, 6) is -0.496. The van der Waals surface area contributed by atoms with E-state index in [0.717, 1.165) is 28.8 Å². The van der Waals surface area contributed by atoms with E-state index in [-0.39, 0.29) is 17.8 Å². The number of benzene rings is 3. The highest BCUT2D eigenvalue weighted by atomic mass is 35.5. The number of urea groups is 1. The molecule has 5 rings (SSSR count). The average Bonchev–Trinajstić information content (AvgIpc) is 3.32. The number of rotatable bonds is 5. The number of carbonyl (C=O) groups is 1. The van der Waals surface area contributed by atoms with E-state index < -0.39 is 0 Å². The molecule has 35 heavy (non-hydrogen) atoms. The van der Waals surface area contributed by atoms with Crippen molar-refractivity contribution in [1.82, 2.24) is 9.99 Å². The minimum atomic E-state index is -0.331. The fraction of sp³-hybridized carbons (Fsp3) is 0.107. The van der Waals surface area contributed by atoms with Gasteiger partial charge in [-0.05, 0) is 77.2 Å². The van der Waals surface area contributed by atoms with Crippen LogP contribution in [0.25, 0.3) is 0 Å². The summed E-state index contributed by atoms with van der Waals surface area (Å²) in [5.41, 5.74) is 5.47. The minimum Gasteiger partial charge on any atom is -0.306 e. The van der Waals surface area contributed by atoms with Gasteiger partial charge in [0.25, 0.3) is 0 Å². The Morgan fingerprint density at radius 2 is 1.57 bits per heavy atom. The summed E-state index contributed by atoms with van der Waals surface area (Å²) in [7, 11) is 0. The number of hydrazone groups is 1. The molecule has 0 spiro atoms. The Labute approximate surface area is 207 Å². The van der Waals surface area contributed by atoms with Crippen molar-refractivity contribution in [2.45, 2.75) is 12.3 Å². The highest BCUT2D eigenvalue weighted by Crippen LogP contribution is 2.30. The molecule has 1 N–H and O–H groups in total. The van der Waals surface area contributed by atoms with E-state index in [1.54, 1.807) is 36.7 Å². The molecule has 1 aliphatic heterocycles. The molecule has 2 heterocycles. The summed E-state index contributed by atoms with van der Waals surface area (Å²) in [4.78, 5) is 17.1. The molecular formula is C28H22ClFN4O. The van der Waals surface area contributed by atoms with Gasteiger partial charge >= 0.3 is 6.03 Å². The third kappa shape index (κ3) is 5.39. The van der Waals surface area contributed by atoms with Crippen molar-refractivity contribution in [3.63, 3.8) is 0 Å². The summed E-state index contributed by atoms with van der Waals surface area (Å²) in [6, 6.07) is 25.0. The van der Waals surface area contributed by atoms with Gasteiger partial charge in [-0.1, -0.05) is 48.0 Å². The summed E-state index contributed by atoms with van der Waals surface area (Å²) >= 11 is 6.06. The van der Waals surface area contributed by atoms with E-state index in [1.165, 1.54) is 22.7 Å². The quantitative estimate of drug-likeness (QED) is 0.351. The molecule has 2 amide bonds. The molecule has 1 aromatic heterocycles. The third-order valence-corrected chi connectivity index (χ3v) is 6.18. The first-order chi connectivity index (χ1) is 17.0. The second-order valence-corrected chi connectivity index (χ2v) is 8.77. The average molecular weight is 485 g/mol. The Morgan fingerprint density at radius 1 is 0.914 bits per heavy atom. The van der Waals surface area contributed by atoms with Crippen molar-refractivity contribution < 1.29 is 9.18 Å². The van der Waals surface area contributed by atoms with Crippen LogP contribution in [0.15, 0.2) is 102 Å². The van der Waals surface area contributed by atoms with Crippen LogP contribution in [0.2, 0.25) is 5.02 Å². The predicted octanol–water partition coefficient (Wildman–Crippen LogP) is 6.50. The molecule has 0 radical (unpaired) electrons. The maximum absolute atomic E-state index is 13.5. The second kappa shape index (κ2) is 10.1. The van der Waals surface area contributed by atoms with Crippen molar-refractivity contribution >= 4 is 29.0 Å². The van der Waals surface area contributed by atoms with Gasteiger partial charge in [0.2, 0.25) is 0 Å². The maximum Gasteiger partial charge on any atom is 0.342 e. The van der Waals surface area contributed by atoms with E-state index in [9.17, 15) is 9.18 Å². The molecular weight excluding hydrogens is 463 g/mol. The molecule has 3 aromatic carbocycles. The van der Waals surface area contributed by atoms with Crippen LogP contribution in [0.3, 0.4) is 0 Å². The standard InChI is InChI=1S/C28H22ClFN4O/c29-23-7-3-22(4-8-23)27-26(21-5-9-24(30)10-6-21)18-34(33-27)28(35)32-25-11-1-19(2-12-25)17-20-13-15-31-16-14-20/h1-16,26H,17-18H2,(H,32,35)/t26-/m0/s1. The zero-order valence-electron chi connectivity index (χ0n) is 18.7. The molecule has 174 valence electrons. The van der Waals surface area contributed by atoms with Crippen LogP contribution in [-0.2, 0) is 6.42 Å². The lowest BCUT2D eigenvalue weighted by molar-refractivity contribution is 0.218. The molecule has 0 fully saturated rings. The molecule has 0 unspecified atom stereocenters. The smallest absolute Gasteiger partial charge is 0.306 e. The molecule has 0 saturated carbocycles. The van der Waals surface area contributed by atoms with Crippen LogP contribution in [-0.4, -0.2) is 28.3 Å². The summed E-state index contributed by atoms with van der Waals surface area (Å²) < 4.78 is 13.5. The SMILES string of the molecule is O=C(Nc1ccc(Cc2ccncc2)cc1)N1C[C@@H](c2ccc(F)cc2)C(c2ccc(Cl)cc2)=N1. The zero-order valence-corrected chi connectivity index (χ0v) is 19.5. The summed E-state index contributed by atoms with van der Waals surface area (Å²) in [5, 5.41) is 9.60. The molecule has 0 saturated heterocycles. The van der Waals surface area contributed by atoms with Gasteiger partial charge in [0.1, 0.15) is 5.82 Å². The number of nitrogens with zero attached hydrogens (tertiary/aromatic N) is 3. The number of carbonyl (C=O) groups excluding carboxylic acids is 1. The molecule has 4 aromatic rings. The van der Waals surface area contributed by atoms with Crippen molar-refractivity contribution in [1.29, 1.82) is 0 Å². The Morgan fingerprint density at radius 3 is 2.26 bits per heavy atom.